The molecule has 3 heteroatoms. The molecular formula is C12H13BrN2. The molecule has 0 N–H and O–H groups in total. The van der Waals surface area contributed by atoms with Crippen LogP contribution < -0.4 is 0 Å². The SMILES string of the molecule is CCc1cnn(-c2ccccc2CBr)c1. The number of hydrogen-bond acceptors (Lipinski definition) is 1. The Kier molecular flexibility index (Phi) is 3.21. The molecule has 0 unspecified atom stereocenters. The summed E-state index contributed by atoms with van der Waals surface area (Å²) in [6.45, 7) is 2.14. The Morgan fingerprint density at radius 1 is 1.33 bits per heavy atom. The fraction of sp³-hybridized carbons (Fsp3) is 0.250. The second-order valence-corrected chi connectivity index (χ2v) is 3.97. The third-order valence-electron chi connectivity index (χ3n) is 2.43. The number of halogens is 1. The van der Waals surface area contributed by atoms with Gasteiger partial charge in [-0.05, 0) is 23.6 Å². The largest absolute Gasteiger partial charge is 0.240 e. The van der Waals surface area contributed by atoms with Crippen LogP contribution in [0, 0.1) is 0 Å². The number of para-hydroxylation sites is 1. The maximum atomic E-state index is 4.36. The first-order valence-corrected chi connectivity index (χ1v) is 6.15. The lowest BCUT2D eigenvalue weighted by Crippen LogP contribution is -1.98. The van der Waals surface area contributed by atoms with Gasteiger partial charge in [-0.15, -0.1) is 0 Å². The molecule has 0 saturated heterocycles. The minimum Gasteiger partial charge on any atom is -0.240 e. The quantitative estimate of drug-likeness (QED) is 0.778. The molecule has 1 heterocycles. The molecule has 0 saturated carbocycles. The van der Waals surface area contributed by atoms with Crippen LogP contribution in [0.25, 0.3) is 5.69 Å². The van der Waals surface area contributed by atoms with E-state index in [0.717, 1.165) is 17.4 Å². The highest BCUT2D eigenvalue weighted by Gasteiger charge is 2.03. The number of nitrogens with zero attached hydrogens (tertiary/aromatic N) is 2. The van der Waals surface area contributed by atoms with E-state index in [4.69, 9.17) is 0 Å². The van der Waals surface area contributed by atoms with Gasteiger partial charge in [0.05, 0.1) is 11.9 Å². The van der Waals surface area contributed by atoms with Crippen molar-refractivity contribution in [3.63, 3.8) is 0 Å². The molecular weight excluding hydrogens is 252 g/mol. The fourth-order valence-electron chi connectivity index (χ4n) is 1.52. The minimum absolute atomic E-state index is 0.852. The van der Waals surface area contributed by atoms with Crippen LogP contribution in [0.15, 0.2) is 36.7 Å². The third-order valence-corrected chi connectivity index (χ3v) is 3.03. The topological polar surface area (TPSA) is 17.8 Å². The van der Waals surface area contributed by atoms with E-state index >= 15 is 0 Å². The lowest BCUT2D eigenvalue weighted by molar-refractivity contribution is 0.871. The summed E-state index contributed by atoms with van der Waals surface area (Å²) in [5.74, 6) is 0. The first kappa shape index (κ1) is 10.4. The van der Waals surface area contributed by atoms with Crippen LogP contribution >= 0.6 is 15.9 Å². The maximum Gasteiger partial charge on any atom is 0.0686 e. The number of aryl methyl sites for hydroxylation is 1. The van der Waals surface area contributed by atoms with Crippen molar-refractivity contribution in [1.82, 2.24) is 9.78 Å². The van der Waals surface area contributed by atoms with E-state index in [1.54, 1.807) is 0 Å². The van der Waals surface area contributed by atoms with Gasteiger partial charge in [0.2, 0.25) is 0 Å². The van der Waals surface area contributed by atoms with E-state index in [-0.39, 0.29) is 0 Å². The monoisotopic (exact) mass is 264 g/mol. The van der Waals surface area contributed by atoms with Crippen molar-refractivity contribution in [3.05, 3.63) is 47.8 Å². The zero-order valence-electron chi connectivity index (χ0n) is 8.65. The molecule has 0 atom stereocenters. The summed E-state index contributed by atoms with van der Waals surface area (Å²) in [6.07, 6.45) is 5.03. The van der Waals surface area contributed by atoms with Crippen molar-refractivity contribution >= 4 is 15.9 Å². The molecule has 1 aromatic heterocycles. The molecule has 0 aliphatic carbocycles. The first-order valence-electron chi connectivity index (χ1n) is 5.03. The van der Waals surface area contributed by atoms with Gasteiger partial charge in [-0.1, -0.05) is 41.1 Å². The molecule has 1 aromatic carbocycles. The van der Waals surface area contributed by atoms with Gasteiger partial charge in [0.25, 0.3) is 0 Å². The molecule has 2 aromatic rings. The average molecular weight is 265 g/mol. The standard InChI is InChI=1S/C12H13BrN2/c1-2-10-8-14-15(9-10)12-6-4-3-5-11(12)7-13/h3-6,8-9H,2,7H2,1H3. The van der Waals surface area contributed by atoms with Gasteiger partial charge < -0.3 is 0 Å². The van der Waals surface area contributed by atoms with E-state index in [1.807, 2.05) is 23.0 Å². The van der Waals surface area contributed by atoms with Gasteiger partial charge in [0.15, 0.2) is 0 Å². The lowest BCUT2D eigenvalue weighted by Gasteiger charge is -2.06. The number of hydrogen-bond donors (Lipinski definition) is 0. The Bertz CT molecular complexity index is 448. The summed E-state index contributed by atoms with van der Waals surface area (Å²) in [5, 5.41) is 5.21. The van der Waals surface area contributed by atoms with Crippen LogP contribution in [0.3, 0.4) is 0 Å². The second-order valence-electron chi connectivity index (χ2n) is 3.41. The van der Waals surface area contributed by atoms with Crippen LogP contribution in [-0.2, 0) is 11.8 Å². The zero-order chi connectivity index (χ0) is 10.7. The Morgan fingerprint density at radius 2 is 2.13 bits per heavy atom. The number of benzene rings is 1. The molecule has 0 amide bonds. The zero-order valence-corrected chi connectivity index (χ0v) is 10.2. The summed E-state index contributed by atoms with van der Waals surface area (Å²) in [4.78, 5) is 0. The molecule has 0 fully saturated rings. The van der Waals surface area contributed by atoms with E-state index in [0.29, 0.717) is 0 Å². The van der Waals surface area contributed by atoms with Gasteiger partial charge in [0.1, 0.15) is 0 Å². The lowest BCUT2D eigenvalue weighted by atomic mass is 10.2. The van der Waals surface area contributed by atoms with Crippen LogP contribution in [-0.4, -0.2) is 9.78 Å². The number of alkyl halides is 1. The van der Waals surface area contributed by atoms with Gasteiger partial charge in [-0.25, -0.2) is 4.68 Å². The molecule has 78 valence electrons. The smallest absolute Gasteiger partial charge is 0.0686 e. The van der Waals surface area contributed by atoms with Crippen LogP contribution in [0.1, 0.15) is 18.1 Å². The molecule has 0 aliphatic heterocycles. The number of aromatic nitrogens is 2. The molecule has 0 bridgehead atoms. The average Bonchev–Trinajstić information content (AvgIpc) is 2.77. The summed E-state index contributed by atoms with van der Waals surface area (Å²) in [7, 11) is 0. The molecule has 15 heavy (non-hydrogen) atoms. The molecule has 0 radical (unpaired) electrons. The molecule has 0 aliphatic rings. The normalized spacial score (nSPS) is 10.5. The van der Waals surface area contributed by atoms with Crippen LogP contribution in [0.4, 0.5) is 0 Å². The van der Waals surface area contributed by atoms with Gasteiger partial charge in [-0.2, -0.15) is 5.10 Å². The Morgan fingerprint density at radius 3 is 2.80 bits per heavy atom. The van der Waals surface area contributed by atoms with Crippen molar-refractivity contribution in [1.29, 1.82) is 0 Å². The number of rotatable bonds is 3. The maximum absolute atomic E-state index is 4.36. The van der Waals surface area contributed by atoms with Crippen LogP contribution in [0.2, 0.25) is 0 Å². The highest BCUT2D eigenvalue weighted by molar-refractivity contribution is 9.08. The van der Waals surface area contributed by atoms with Crippen molar-refractivity contribution in [3.8, 4) is 5.69 Å². The second kappa shape index (κ2) is 4.62. The van der Waals surface area contributed by atoms with Gasteiger partial charge in [0, 0.05) is 11.5 Å². The Labute approximate surface area is 98.1 Å². The van der Waals surface area contributed by atoms with Crippen molar-refractivity contribution in [2.24, 2.45) is 0 Å². The predicted octanol–water partition coefficient (Wildman–Crippen LogP) is 3.33. The minimum atomic E-state index is 0.852. The summed E-state index contributed by atoms with van der Waals surface area (Å²) < 4.78 is 1.94. The Hall–Kier alpha value is -1.09. The van der Waals surface area contributed by atoms with Crippen molar-refractivity contribution < 1.29 is 0 Å². The molecule has 2 rings (SSSR count). The first-order chi connectivity index (χ1) is 7.35. The molecule has 2 nitrogen and oxygen atoms in total. The highest BCUT2D eigenvalue weighted by Crippen LogP contribution is 2.17. The summed E-state index contributed by atoms with van der Waals surface area (Å²) in [6, 6.07) is 8.28. The van der Waals surface area contributed by atoms with E-state index < -0.39 is 0 Å². The summed E-state index contributed by atoms with van der Waals surface area (Å²) >= 11 is 3.49. The van der Waals surface area contributed by atoms with Crippen molar-refractivity contribution in [2.45, 2.75) is 18.7 Å². The predicted molar refractivity (Wildman–Crippen MR) is 65.6 cm³/mol. The van der Waals surface area contributed by atoms with Crippen molar-refractivity contribution in [2.75, 3.05) is 0 Å². The fourth-order valence-corrected chi connectivity index (χ4v) is 2.00. The molecule has 0 spiro atoms. The van der Waals surface area contributed by atoms with E-state index in [2.05, 4.69) is 46.3 Å². The summed E-state index contributed by atoms with van der Waals surface area (Å²) in [5.41, 5.74) is 3.66. The van der Waals surface area contributed by atoms with Gasteiger partial charge >= 0.3 is 0 Å². The van der Waals surface area contributed by atoms with E-state index in [1.165, 1.54) is 11.1 Å². The Balaban J connectivity index is 2.44. The van der Waals surface area contributed by atoms with Gasteiger partial charge in [-0.3, -0.25) is 0 Å². The third kappa shape index (κ3) is 2.12. The van der Waals surface area contributed by atoms with E-state index in [9.17, 15) is 0 Å². The highest BCUT2D eigenvalue weighted by atomic mass is 79.9. The van der Waals surface area contributed by atoms with Crippen LogP contribution in [0.5, 0.6) is 0 Å².